The summed E-state index contributed by atoms with van der Waals surface area (Å²) in [6.45, 7) is 9.38. The lowest BCUT2D eigenvalue weighted by Crippen LogP contribution is -2.36. The van der Waals surface area contributed by atoms with Crippen LogP contribution in [0.5, 0.6) is 0 Å². The van der Waals surface area contributed by atoms with Crippen LogP contribution in [0.2, 0.25) is 0 Å². The molecule has 2 saturated heterocycles. The summed E-state index contributed by atoms with van der Waals surface area (Å²) in [5.74, 6) is 0.949. The van der Waals surface area contributed by atoms with Gasteiger partial charge in [0.15, 0.2) is 0 Å². The smallest absolute Gasteiger partial charge is 0.0480 e. The zero-order chi connectivity index (χ0) is 12.6. The second-order valence-corrected chi connectivity index (χ2v) is 6.07. The van der Waals surface area contributed by atoms with E-state index in [1.807, 2.05) is 0 Å². The van der Waals surface area contributed by atoms with Crippen LogP contribution in [-0.4, -0.2) is 50.3 Å². The molecule has 1 unspecified atom stereocenters. The maximum Gasteiger partial charge on any atom is 0.0480 e. The Labute approximate surface area is 112 Å². The van der Waals surface area contributed by atoms with Gasteiger partial charge in [-0.2, -0.15) is 0 Å². The first-order valence-corrected chi connectivity index (χ1v) is 7.88. The van der Waals surface area contributed by atoms with E-state index < -0.39 is 0 Å². The Kier molecular flexibility index (Phi) is 6.46. The Morgan fingerprint density at radius 3 is 2.78 bits per heavy atom. The highest BCUT2D eigenvalue weighted by molar-refractivity contribution is 4.72. The van der Waals surface area contributed by atoms with Crippen LogP contribution in [-0.2, 0) is 4.74 Å². The van der Waals surface area contributed by atoms with Crippen molar-refractivity contribution in [3.8, 4) is 0 Å². The summed E-state index contributed by atoms with van der Waals surface area (Å²) in [5.41, 5.74) is 0. The standard InChI is InChI=1S/C15H30N2O/c1-14-5-10-17(11-6-14)9-3-8-16-15-4-2-12-18-13-7-15/h14-16H,2-13H2,1H3. The number of ether oxygens (including phenoxy) is 1. The second-order valence-electron chi connectivity index (χ2n) is 6.07. The molecule has 0 radical (unpaired) electrons. The number of rotatable bonds is 5. The summed E-state index contributed by atoms with van der Waals surface area (Å²) in [5, 5.41) is 3.70. The quantitative estimate of drug-likeness (QED) is 0.762. The summed E-state index contributed by atoms with van der Waals surface area (Å²) >= 11 is 0. The van der Waals surface area contributed by atoms with E-state index in [-0.39, 0.29) is 0 Å². The molecule has 3 nitrogen and oxygen atoms in total. The summed E-state index contributed by atoms with van der Waals surface area (Å²) in [6.07, 6.45) is 7.80. The maximum atomic E-state index is 5.49. The van der Waals surface area contributed by atoms with Crippen LogP contribution >= 0.6 is 0 Å². The highest BCUT2D eigenvalue weighted by Crippen LogP contribution is 2.15. The molecule has 2 aliphatic rings. The molecule has 2 rings (SSSR count). The van der Waals surface area contributed by atoms with Crippen LogP contribution in [0, 0.1) is 5.92 Å². The Balaban J connectivity index is 1.50. The first-order chi connectivity index (χ1) is 8.84. The van der Waals surface area contributed by atoms with Gasteiger partial charge in [-0.1, -0.05) is 6.92 Å². The Morgan fingerprint density at radius 1 is 1.11 bits per heavy atom. The van der Waals surface area contributed by atoms with E-state index in [0.29, 0.717) is 6.04 Å². The van der Waals surface area contributed by atoms with Crippen molar-refractivity contribution in [2.24, 2.45) is 5.92 Å². The number of likely N-dealkylation sites (tertiary alicyclic amines) is 1. The normalized spacial score (nSPS) is 28.2. The van der Waals surface area contributed by atoms with E-state index in [2.05, 4.69) is 17.1 Å². The fourth-order valence-electron chi connectivity index (χ4n) is 3.00. The number of hydrogen-bond donors (Lipinski definition) is 1. The number of piperidine rings is 1. The minimum Gasteiger partial charge on any atom is -0.381 e. The predicted octanol–water partition coefficient (Wildman–Crippen LogP) is 2.27. The molecule has 0 bridgehead atoms. The lowest BCUT2D eigenvalue weighted by molar-refractivity contribution is 0.142. The largest absolute Gasteiger partial charge is 0.381 e. The van der Waals surface area contributed by atoms with Crippen molar-refractivity contribution in [3.05, 3.63) is 0 Å². The Morgan fingerprint density at radius 2 is 1.94 bits per heavy atom. The maximum absolute atomic E-state index is 5.49. The molecule has 0 aromatic heterocycles. The molecule has 0 aliphatic carbocycles. The molecule has 18 heavy (non-hydrogen) atoms. The molecule has 2 heterocycles. The monoisotopic (exact) mass is 254 g/mol. The van der Waals surface area contributed by atoms with Crippen molar-refractivity contribution in [2.45, 2.75) is 51.5 Å². The van der Waals surface area contributed by atoms with Crippen LogP contribution in [0.3, 0.4) is 0 Å². The molecule has 2 fully saturated rings. The van der Waals surface area contributed by atoms with Crippen molar-refractivity contribution < 1.29 is 4.74 Å². The zero-order valence-electron chi connectivity index (χ0n) is 12.0. The first-order valence-electron chi connectivity index (χ1n) is 7.88. The van der Waals surface area contributed by atoms with E-state index in [9.17, 15) is 0 Å². The summed E-state index contributed by atoms with van der Waals surface area (Å²) in [7, 11) is 0. The molecule has 106 valence electrons. The van der Waals surface area contributed by atoms with Gasteiger partial charge in [0.25, 0.3) is 0 Å². The molecule has 0 spiro atoms. The zero-order valence-corrected chi connectivity index (χ0v) is 12.0. The van der Waals surface area contributed by atoms with Gasteiger partial charge >= 0.3 is 0 Å². The molecule has 0 aromatic rings. The van der Waals surface area contributed by atoms with Crippen molar-refractivity contribution >= 4 is 0 Å². The molecule has 3 heteroatoms. The fraction of sp³-hybridized carbons (Fsp3) is 1.00. The second kappa shape index (κ2) is 8.13. The van der Waals surface area contributed by atoms with E-state index in [1.54, 1.807) is 0 Å². The van der Waals surface area contributed by atoms with Crippen LogP contribution in [0.1, 0.15) is 45.4 Å². The summed E-state index contributed by atoms with van der Waals surface area (Å²) in [4.78, 5) is 2.64. The molecule has 0 saturated carbocycles. The van der Waals surface area contributed by atoms with Gasteiger partial charge in [-0.3, -0.25) is 0 Å². The first kappa shape index (κ1) is 14.3. The van der Waals surface area contributed by atoms with Gasteiger partial charge in [0, 0.05) is 19.3 Å². The lowest BCUT2D eigenvalue weighted by atomic mass is 9.99. The van der Waals surface area contributed by atoms with Gasteiger partial charge in [-0.15, -0.1) is 0 Å². The van der Waals surface area contributed by atoms with Gasteiger partial charge in [0.05, 0.1) is 0 Å². The van der Waals surface area contributed by atoms with Gasteiger partial charge < -0.3 is 15.0 Å². The van der Waals surface area contributed by atoms with Crippen molar-refractivity contribution in [1.29, 1.82) is 0 Å². The molecular formula is C15H30N2O. The third-order valence-corrected chi connectivity index (χ3v) is 4.41. The molecule has 1 N–H and O–H groups in total. The van der Waals surface area contributed by atoms with Crippen LogP contribution in [0.15, 0.2) is 0 Å². The fourth-order valence-corrected chi connectivity index (χ4v) is 3.00. The van der Waals surface area contributed by atoms with Crippen LogP contribution < -0.4 is 5.32 Å². The highest BCUT2D eigenvalue weighted by Gasteiger charge is 2.15. The minimum atomic E-state index is 0.703. The third kappa shape index (κ3) is 5.25. The number of nitrogens with zero attached hydrogens (tertiary/aromatic N) is 1. The van der Waals surface area contributed by atoms with Gasteiger partial charge in [-0.05, 0) is 70.6 Å². The molecule has 0 aromatic carbocycles. The number of hydrogen-bond acceptors (Lipinski definition) is 3. The summed E-state index contributed by atoms with van der Waals surface area (Å²) < 4.78 is 5.49. The topological polar surface area (TPSA) is 24.5 Å². The van der Waals surface area contributed by atoms with E-state index in [1.165, 1.54) is 64.7 Å². The van der Waals surface area contributed by atoms with E-state index in [0.717, 1.165) is 19.1 Å². The van der Waals surface area contributed by atoms with Crippen LogP contribution in [0.4, 0.5) is 0 Å². The van der Waals surface area contributed by atoms with E-state index in [4.69, 9.17) is 4.74 Å². The van der Waals surface area contributed by atoms with E-state index >= 15 is 0 Å². The molecule has 2 aliphatic heterocycles. The van der Waals surface area contributed by atoms with Crippen molar-refractivity contribution in [2.75, 3.05) is 39.4 Å². The highest BCUT2D eigenvalue weighted by atomic mass is 16.5. The minimum absolute atomic E-state index is 0.703. The van der Waals surface area contributed by atoms with Gasteiger partial charge in [0.1, 0.15) is 0 Å². The van der Waals surface area contributed by atoms with Gasteiger partial charge in [-0.25, -0.2) is 0 Å². The molecular weight excluding hydrogens is 224 g/mol. The lowest BCUT2D eigenvalue weighted by Gasteiger charge is -2.30. The number of nitrogens with one attached hydrogen (secondary N) is 1. The Hall–Kier alpha value is -0.120. The predicted molar refractivity (Wildman–Crippen MR) is 75.9 cm³/mol. The SMILES string of the molecule is CC1CCN(CCCNC2CCCOCC2)CC1. The van der Waals surface area contributed by atoms with Crippen molar-refractivity contribution in [3.63, 3.8) is 0 Å². The van der Waals surface area contributed by atoms with Crippen molar-refractivity contribution in [1.82, 2.24) is 10.2 Å². The van der Waals surface area contributed by atoms with Crippen LogP contribution in [0.25, 0.3) is 0 Å². The third-order valence-electron chi connectivity index (χ3n) is 4.41. The Bertz CT molecular complexity index is 207. The average Bonchev–Trinajstić information content (AvgIpc) is 2.65. The summed E-state index contributed by atoms with van der Waals surface area (Å²) in [6, 6.07) is 0.703. The molecule has 0 amide bonds. The molecule has 1 atom stereocenters. The van der Waals surface area contributed by atoms with Gasteiger partial charge in [0.2, 0.25) is 0 Å². The average molecular weight is 254 g/mol.